The van der Waals surface area contributed by atoms with Gasteiger partial charge >= 0.3 is 0 Å². The first kappa shape index (κ1) is 22.0. The lowest BCUT2D eigenvalue weighted by Gasteiger charge is -2.29. The first-order chi connectivity index (χ1) is 16.0. The zero-order valence-electron chi connectivity index (χ0n) is 18.5. The summed E-state index contributed by atoms with van der Waals surface area (Å²) in [6, 6.07) is 5.26. The molecule has 33 heavy (non-hydrogen) atoms. The molecule has 5 rings (SSSR count). The third-order valence-electron chi connectivity index (χ3n) is 5.83. The Labute approximate surface area is 199 Å². The molecule has 0 saturated carbocycles. The summed E-state index contributed by atoms with van der Waals surface area (Å²) in [7, 11) is 0. The number of thioether (sulfide) groups is 1. The molecule has 1 saturated heterocycles. The lowest BCUT2D eigenvalue weighted by atomic mass is 10.00. The summed E-state index contributed by atoms with van der Waals surface area (Å²) in [5.74, 6) is 1.91. The number of nitrogens with one attached hydrogen (secondary N) is 1. The maximum absolute atomic E-state index is 13.1. The fourth-order valence-corrected chi connectivity index (χ4v) is 5.76. The molecule has 0 radical (unpaired) electrons. The molecule has 2 aromatic heterocycles. The summed E-state index contributed by atoms with van der Waals surface area (Å²) in [5.41, 5.74) is 0.985. The van der Waals surface area contributed by atoms with Gasteiger partial charge < -0.3 is 19.7 Å². The van der Waals surface area contributed by atoms with Crippen molar-refractivity contribution >= 4 is 50.2 Å². The van der Waals surface area contributed by atoms with Crippen molar-refractivity contribution in [3.05, 3.63) is 28.6 Å². The van der Waals surface area contributed by atoms with Gasteiger partial charge in [0.1, 0.15) is 4.70 Å². The Balaban J connectivity index is 1.32. The van der Waals surface area contributed by atoms with E-state index in [2.05, 4.69) is 27.1 Å². The average molecular weight is 488 g/mol. The molecule has 0 spiro atoms. The lowest BCUT2D eigenvalue weighted by molar-refractivity contribution is -0.113. The number of benzene rings is 1. The molecular formula is C22H25N5O4S2. The number of carbonyl (C=O) groups excluding carboxylic acids is 1. The Morgan fingerprint density at radius 3 is 2.82 bits per heavy atom. The van der Waals surface area contributed by atoms with Crippen LogP contribution in [-0.4, -0.2) is 46.1 Å². The van der Waals surface area contributed by atoms with E-state index in [-0.39, 0.29) is 24.0 Å². The molecule has 2 aliphatic heterocycles. The highest BCUT2D eigenvalue weighted by Crippen LogP contribution is 2.34. The quantitative estimate of drug-likeness (QED) is 0.416. The van der Waals surface area contributed by atoms with Crippen LogP contribution in [0.2, 0.25) is 0 Å². The summed E-state index contributed by atoms with van der Waals surface area (Å²) >= 11 is 2.65. The van der Waals surface area contributed by atoms with Crippen LogP contribution in [0.3, 0.4) is 0 Å². The molecule has 2 aliphatic rings. The number of anilines is 2. The van der Waals surface area contributed by atoms with E-state index in [1.54, 1.807) is 22.8 Å². The second-order valence-electron chi connectivity index (χ2n) is 8.17. The number of fused-ring (bicyclic) bond motifs is 2. The molecule has 9 nitrogen and oxygen atoms in total. The maximum atomic E-state index is 13.1. The predicted molar refractivity (Wildman–Crippen MR) is 130 cm³/mol. The second kappa shape index (κ2) is 9.22. The van der Waals surface area contributed by atoms with Crippen molar-refractivity contribution in [1.29, 1.82) is 0 Å². The van der Waals surface area contributed by atoms with Gasteiger partial charge in [-0.3, -0.25) is 14.2 Å². The van der Waals surface area contributed by atoms with E-state index >= 15 is 0 Å². The molecule has 0 aliphatic carbocycles. The molecule has 11 heteroatoms. The zero-order valence-corrected chi connectivity index (χ0v) is 20.1. The van der Waals surface area contributed by atoms with Gasteiger partial charge in [0.05, 0.1) is 5.75 Å². The fourth-order valence-electron chi connectivity index (χ4n) is 3.90. The van der Waals surface area contributed by atoms with E-state index in [0.29, 0.717) is 39.2 Å². The van der Waals surface area contributed by atoms with Crippen molar-refractivity contribution in [3.8, 4) is 11.5 Å². The number of nitrogens with zero attached hydrogens (tertiary/aromatic N) is 4. The monoisotopic (exact) mass is 487 g/mol. The van der Waals surface area contributed by atoms with Crippen molar-refractivity contribution in [2.24, 2.45) is 5.92 Å². The van der Waals surface area contributed by atoms with Gasteiger partial charge in [-0.15, -0.1) is 0 Å². The zero-order chi connectivity index (χ0) is 22.9. The summed E-state index contributed by atoms with van der Waals surface area (Å²) < 4.78 is 12.8. The van der Waals surface area contributed by atoms with Gasteiger partial charge in [0, 0.05) is 31.4 Å². The topological polar surface area (TPSA) is 98.6 Å². The summed E-state index contributed by atoms with van der Waals surface area (Å²) in [6.45, 7) is 6.72. The number of thiazole rings is 1. The molecule has 0 atom stereocenters. The van der Waals surface area contributed by atoms with Gasteiger partial charge in [-0.05, 0) is 37.8 Å². The highest BCUT2D eigenvalue weighted by molar-refractivity contribution is 7.99. The second-order valence-corrected chi connectivity index (χ2v) is 10.1. The SMILES string of the molecule is CCn1c(SCC(=O)Nc2ccc3c(c2)OCO3)nc2nc(N3CCC(C)CC3)sc2c1=O. The van der Waals surface area contributed by atoms with Crippen molar-refractivity contribution in [1.82, 2.24) is 14.5 Å². The number of rotatable bonds is 6. The number of ether oxygens (including phenoxy) is 2. The molecule has 1 aromatic carbocycles. The van der Waals surface area contributed by atoms with Gasteiger partial charge in [0.15, 0.2) is 27.4 Å². The van der Waals surface area contributed by atoms with Crippen LogP contribution in [0.25, 0.3) is 10.3 Å². The van der Waals surface area contributed by atoms with Crippen LogP contribution >= 0.6 is 23.1 Å². The number of hydrogen-bond donors (Lipinski definition) is 1. The highest BCUT2D eigenvalue weighted by Gasteiger charge is 2.22. The Kier molecular flexibility index (Phi) is 6.15. The molecule has 1 amide bonds. The third-order valence-corrected chi connectivity index (χ3v) is 7.90. The normalized spacial score (nSPS) is 15.9. The van der Waals surface area contributed by atoms with Gasteiger partial charge in [0.2, 0.25) is 12.7 Å². The number of aromatic nitrogens is 3. The van der Waals surface area contributed by atoms with Crippen molar-refractivity contribution < 1.29 is 14.3 Å². The molecule has 3 aromatic rings. The van der Waals surface area contributed by atoms with Crippen molar-refractivity contribution in [2.45, 2.75) is 38.4 Å². The molecule has 174 valence electrons. The minimum atomic E-state index is -0.197. The van der Waals surface area contributed by atoms with E-state index < -0.39 is 0 Å². The number of piperidine rings is 1. The largest absolute Gasteiger partial charge is 0.454 e. The van der Waals surface area contributed by atoms with Gasteiger partial charge in [-0.2, -0.15) is 4.98 Å². The number of amides is 1. The molecular weight excluding hydrogens is 462 g/mol. The Morgan fingerprint density at radius 2 is 2.03 bits per heavy atom. The number of carbonyl (C=O) groups is 1. The lowest BCUT2D eigenvalue weighted by Crippen LogP contribution is -2.32. The van der Waals surface area contributed by atoms with Crippen LogP contribution in [0.15, 0.2) is 28.2 Å². The molecule has 0 unspecified atom stereocenters. The fraction of sp³-hybridized carbons (Fsp3) is 0.455. The van der Waals surface area contributed by atoms with Crippen molar-refractivity contribution in [2.75, 3.05) is 35.9 Å². The Morgan fingerprint density at radius 1 is 1.24 bits per heavy atom. The van der Waals surface area contributed by atoms with Crippen LogP contribution in [0.4, 0.5) is 10.8 Å². The summed E-state index contributed by atoms with van der Waals surface area (Å²) in [4.78, 5) is 37.2. The standard InChI is InChI=1S/C22H25N5O4S2/c1-3-27-20(29)18-19(24-21(33-18)26-8-6-13(2)7-9-26)25-22(27)32-11-17(28)23-14-4-5-15-16(10-14)31-12-30-15/h4-5,10,13H,3,6-9,11-12H2,1-2H3,(H,23,28). The first-order valence-corrected chi connectivity index (χ1v) is 12.8. The number of hydrogen-bond acceptors (Lipinski definition) is 9. The van der Waals surface area contributed by atoms with Crippen LogP contribution in [0, 0.1) is 5.92 Å². The van der Waals surface area contributed by atoms with Gasteiger partial charge in [0.25, 0.3) is 5.56 Å². The maximum Gasteiger partial charge on any atom is 0.273 e. The van der Waals surface area contributed by atoms with Crippen molar-refractivity contribution in [3.63, 3.8) is 0 Å². The van der Waals surface area contributed by atoms with Crippen LogP contribution < -0.4 is 25.2 Å². The predicted octanol–water partition coefficient (Wildman–Crippen LogP) is 3.57. The van der Waals surface area contributed by atoms with E-state index in [1.807, 2.05) is 6.92 Å². The van der Waals surface area contributed by atoms with E-state index in [1.165, 1.54) is 23.1 Å². The van der Waals surface area contributed by atoms with Crippen LogP contribution in [-0.2, 0) is 11.3 Å². The molecule has 1 fully saturated rings. The van der Waals surface area contributed by atoms with Crippen LogP contribution in [0.5, 0.6) is 11.5 Å². The van der Waals surface area contributed by atoms with Gasteiger partial charge in [-0.25, -0.2) is 4.98 Å². The van der Waals surface area contributed by atoms with Gasteiger partial charge in [-0.1, -0.05) is 30.0 Å². The molecule has 4 heterocycles. The van der Waals surface area contributed by atoms with Crippen LogP contribution in [0.1, 0.15) is 26.7 Å². The summed E-state index contributed by atoms with van der Waals surface area (Å²) in [5, 5.41) is 4.20. The third kappa shape index (κ3) is 4.51. The minimum Gasteiger partial charge on any atom is -0.454 e. The Bertz CT molecular complexity index is 1250. The Hall–Kier alpha value is -2.79. The van der Waals surface area contributed by atoms with E-state index in [9.17, 15) is 9.59 Å². The average Bonchev–Trinajstić information content (AvgIpc) is 3.45. The first-order valence-electron chi connectivity index (χ1n) is 11.0. The van der Waals surface area contributed by atoms with E-state index in [4.69, 9.17) is 9.47 Å². The molecule has 1 N–H and O–H groups in total. The highest BCUT2D eigenvalue weighted by atomic mass is 32.2. The molecule has 0 bridgehead atoms. The summed E-state index contributed by atoms with van der Waals surface area (Å²) in [6.07, 6.45) is 2.25. The minimum absolute atomic E-state index is 0.102. The van der Waals surface area contributed by atoms with E-state index in [0.717, 1.165) is 37.0 Å². The smallest absolute Gasteiger partial charge is 0.273 e.